The molecule has 1 N–H and O–H groups in total. The Kier molecular flexibility index (Phi) is 7.88. The van der Waals surface area contributed by atoms with Gasteiger partial charge >= 0.3 is 0 Å². The van der Waals surface area contributed by atoms with Gasteiger partial charge in [-0.2, -0.15) is 4.98 Å². The summed E-state index contributed by atoms with van der Waals surface area (Å²) < 4.78 is 16.8. The Labute approximate surface area is 187 Å². The van der Waals surface area contributed by atoms with Crippen molar-refractivity contribution >= 4 is 17.3 Å². The first-order valence-electron chi connectivity index (χ1n) is 10.1. The molecule has 7 nitrogen and oxygen atoms in total. The number of halogens is 1. The van der Waals surface area contributed by atoms with Crippen molar-refractivity contribution in [3.63, 3.8) is 0 Å². The topological polar surface area (TPSA) is 73.8 Å². The fourth-order valence-electron chi connectivity index (χ4n) is 2.90. The van der Waals surface area contributed by atoms with Crippen molar-refractivity contribution in [2.24, 2.45) is 0 Å². The molecule has 0 aliphatic rings. The van der Waals surface area contributed by atoms with Crippen LogP contribution in [0.1, 0.15) is 26.7 Å². The SMILES string of the molecule is [C-]#[N+]c1cc(-c2nc(-c3ccc(OCCCCNC)cc3Cl)no2)ccc1OC(C)C. The number of ether oxygens (including phenoxy) is 2. The van der Waals surface area contributed by atoms with E-state index in [4.69, 9.17) is 32.2 Å². The van der Waals surface area contributed by atoms with Crippen molar-refractivity contribution in [3.8, 4) is 34.3 Å². The van der Waals surface area contributed by atoms with E-state index in [1.807, 2.05) is 33.0 Å². The number of hydrogen-bond acceptors (Lipinski definition) is 6. The number of rotatable bonds is 10. The Hall–Kier alpha value is -3.08. The monoisotopic (exact) mass is 440 g/mol. The van der Waals surface area contributed by atoms with E-state index in [9.17, 15) is 0 Å². The van der Waals surface area contributed by atoms with Gasteiger partial charge < -0.3 is 19.3 Å². The minimum Gasteiger partial charge on any atom is -0.502 e. The fourth-order valence-corrected chi connectivity index (χ4v) is 3.16. The van der Waals surface area contributed by atoms with E-state index >= 15 is 0 Å². The van der Waals surface area contributed by atoms with Gasteiger partial charge in [0.1, 0.15) is 11.5 Å². The Morgan fingerprint density at radius 3 is 2.74 bits per heavy atom. The second-order valence-electron chi connectivity index (χ2n) is 7.18. The van der Waals surface area contributed by atoms with Crippen LogP contribution in [0.2, 0.25) is 5.02 Å². The molecule has 0 atom stereocenters. The van der Waals surface area contributed by atoms with Gasteiger partial charge in [-0.3, -0.25) is 0 Å². The molecule has 0 amide bonds. The summed E-state index contributed by atoms with van der Waals surface area (Å²) in [7, 11) is 1.93. The van der Waals surface area contributed by atoms with Gasteiger partial charge in [-0.15, -0.1) is 0 Å². The van der Waals surface area contributed by atoms with Crippen LogP contribution in [0.5, 0.6) is 11.5 Å². The Balaban J connectivity index is 1.74. The molecule has 0 saturated heterocycles. The molecule has 8 heteroatoms. The molecular weight excluding hydrogens is 416 g/mol. The standard InChI is InChI=1S/C23H25ClN4O3/c1-15(2)30-21-10-7-16(13-20(21)26-4)23-27-22(28-31-23)18-9-8-17(14-19(18)24)29-12-6-5-11-25-3/h7-10,13-15,25H,5-6,11-12H2,1-3H3. The lowest BCUT2D eigenvalue weighted by Gasteiger charge is -2.11. The molecule has 0 unspecified atom stereocenters. The van der Waals surface area contributed by atoms with Crippen molar-refractivity contribution in [2.75, 3.05) is 20.2 Å². The molecule has 0 fully saturated rings. The lowest BCUT2D eigenvalue weighted by molar-refractivity contribution is 0.244. The summed E-state index contributed by atoms with van der Waals surface area (Å²) in [6, 6.07) is 10.6. The first-order chi connectivity index (χ1) is 15.0. The number of unbranched alkanes of at least 4 members (excludes halogenated alkanes) is 1. The van der Waals surface area contributed by atoms with Crippen LogP contribution in [0.25, 0.3) is 27.7 Å². The molecule has 1 heterocycles. The van der Waals surface area contributed by atoms with E-state index in [-0.39, 0.29) is 6.10 Å². The Morgan fingerprint density at radius 2 is 2.03 bits per heavy atom. The van der Waals surface area contributed by atoms with Gasteiger partial charge in [0.05, 0.1) is 24.3 Å². The molecule has 1 aromatic heterocycles. The molecule has 0 bridgehead atoms. The zero-order chi connectivity index (χ0) is 22.2. The quantitative estimate of drug-likeness (QED) is 0.318. The van der Waals surface area contributed by atoms with Crippen LogP contribution < -0.4 is 14.8 Å². The van der Waals surface area contributed by atoms with Crippen molar-refractivity contribution in [2.45, 2.75) is 32.8 Å². The summed E-state index contributed by atoms with van der Waals surface area (Å²) in [5.41, 5.74) is 1.67. The van der Waals surface area contributed by atoms with Crippen molar-refractivity contribution < 1.29 is 14.0 Å². The predicted octanol–water partition coefficient (Wildman–Crippen LogP) is 5.77. The van der Waals surface area contributed by atoms with Crippen LogP contribution in [0.3, 0.4) is 0 Å². The number of hydrogen-bond donors (Lipinski definition) is 1. The van der Waals surface area contributed by atoms with Crippen LogP contribution in [0.15, 0.2) is 40.9 Å². The van der Waals surface area contributed by atoms with Crippen LogP contribution in [0.4, 0.5) is 5.69 Å². The van der Waals surface area contributed by atoms with E-state index in [1.54, 1.807) is 24.3 Å². The summed E-state index contributed by atoms with van der Waals surface area (Å²) in [6.07, 6.45) is 1.99. The normalized spacial score (nSPS) is 10.8. The van der Waals surface area contributed by atoms with Crippen molar-refractivity contribution in [3.05, 3.63) is 52.8 Å². The number of nitrogens with one attached hydrogen (secondary N) is 1. The summed E-state index contributed by atoms with van der Waals surface area (Å²) >= 11 is 6.43. The lowest BCUT2D eigenvalue weighted by Crippen LogP contribution is -2.09. The van der Waals surface area contributed by atoms with Gasteiger partial charge in [-0.1, -0.05) is 16.8 Å². The maximum absolute atomic E-state index is 7.40. The van der Waals surface area contributed by atoms with Crippen LogP contribution in [-0.2, 0) is 0 Å². The van der Waals surface area contributed by atoms with Gasteiger partial charge in [0.25, 0.3) is 5.89 Å². The maximum Gasteiger partial charge on any atom is 0.256 e. The minimum absolute atomic E-state index is 0.0243. The highest BCUT2D eigenvalue weighted by molar-refractivity contribution is 6.33. The van der Waals surface area contributed by atoms with Crippen LogP contribution in [0, 0.1) is 6.57 Å². The van der Waals surface area contributed by atoms with E-state index in [1.165, 1.54) is 0 Å². The molecule has 0 aliphatic carbocycles. The highest BCUT2D eigenvalue weighted by Crippen LogP contribution is 2.35. The highest BCUT2D eigenvalue weighted by atomic mass is 35.5. The minimum atomic E-state index is -0.0243. The smallest absolute Gasteiger partial charge is 0.256 e. The molecule has 0 spiro atoms. The molecule has 3 aromatic rings. The van der Waals surface area contributed by atoms with Crippen LogP contribution >= 0.6 is 11.6 Å². The van der Waals surface area contributed by atoms with Crippen molar-refractivity contribution in [1.29, 1.82) is 0 Å². The van der Waals surface area contributed by atoms with Crippen LogP contribution in [-0.4, -0.2) is 36.4 Å². The molecule has 2 aromatic carbocycles. The molecule has 31 heavy (non-hydrogen) atoms. The lowest BCUT2D eigenvalue weighted by atomic mass is 10.1. The summed E-state index contributed by atoms with van der Waals surface area (Å²) in [5, 5.41) is 7.63. The molecule has 162 valence electrons. The molecular formula is C23H25ClN4O3. The van der Waals surface area contributed by atoms with Gasteiger partial charge in [0.2, 0.25) is 11.5 Å². The third kappa shape index (κ3) is 5.97. The number of benzene rings is 2. The van der Waals surface area contributed by atoms with E-state index in [2.05, 4.69) is 20.3 Å². The van der Waals surface area contributed by atoms with Gasteiger partial charge in [-0.25, -0.2) is 4.85 Å². The second kappa shape index (κ2) is 10.8. The fraction of sp³-hybridized carbons (Fsp3) is 0.348. The Morgan fingerprint density at radius 1 is 1.19 bits per heavy atom. The average Bonchev–Trinajstić information content (AvgIpc) is 3.23. The van der Waals surface area contributed by atoms with Gasteiger partial charge in [-0.05, 0) is 76.7 Å². The van der Waals surface area contributed by atoms with Gasteiger partial charge in [0.15, 0.2) is 0 Å². The molecule has 0 radical (unpaired) electrons. The van der Waals surface area contributed by atoms with Crippen molar-refractivity contribution in [1.82, 2.24) is 15.5 Å². The average molecular weight is 441 g/mol. The predicted molar refractivity (Wildman–Crippen MR) is 121 cm³/mol. The first kappa shape index (κ1) is 22.6. The third-order valence-corrected chi connectivity index (χ3v) is 4.70. The number of aromatic nitrogens is 2. The summed E-state index contributed by atoms with van der Waals surface area (Å²) in [5.74, 6) is 1.90. The zero-order valence-corrected chi connectivity index (χ0v) is 18.6. The Bertz CT molecular complexity index is 1060. The second-order valence-corrected chi connectivity index (χ2v) is 7.59. The largest absolute Gasteiger partial charge is 0.502 e. The zero-order valence-electron chi connectivity index (χ0n) is 17.8. The highest BCUT2D eigenvalue weighted by Gasteiger charge is 2.16. The van der Waals surface area contributed by atoms with E-state index in [0.717, 1.165) is 19.4 Å². The van der Waals surface area contributed by atoms with Gasteiger partial charge in [0, 0.05) is 11.1 Å². The number of nitrogens with zero attached hydrogens (tertiary/aromatic N) is 3. The maximum atomic E-state index is 7.40. The van der Waals surface area contributed by atoms with E-state index < -0.39 is 0 Å². The third-order valence-electron chi connectivity index (χ3n) is 4.39. The van der Waals surface area contributed by atoms with E-state index in [0.29, 0.717) is 51.7 Å². The first-order valence-corrected chi connectivity index (χ1v) is 10.5. The summed E-state index contributed by atoms with van der Waals surface area (Å²) in [6.45, 7) is 12.8. The molecule has 0 saturated carbocycles. The molecule has 3 rings (SSSR count). The molecule has 0 aliphatic heterocycles. The summed E-state index contributed by atoms with van der Waals surface area (Å²) in [4.78, 5) is 7.99.